The number of aliphatic hydroxyl groups excluding tert-OH is 2. The van der Waals surface area contributed by atoms with Gasteiger partial charge in [-0.05, 0) is 18.2 Å². The molecule has 2 aromatic carbocycles. The molecule has 0 radical (unpaired) electrons. The van der Waals surface area contributed by atoms with Gasteiger partial charge in [0.1, 0.15) is 18.2 Å². The van der Waals surface area contributed by atoms with Crippen LogP contribution in [0.5, 0.6) is 0 Å². The van der Waals surface area contributed by atoms with Crippen LogP contribution in [0.25, 0.3) is 11.0 Å². The number of fused-ring (bicyclic) bond motifs is 1. The van der Waals surface area contributed by atoms with Crippen molar-refractivity contribution in [2.45, 2.75) is 25.9 Å². The van der Waals surface area contributed by atoms with Gasteiger partial charge in [0, 0.05) is 5.56 Å². The van der Waals surface area contributed by atoms with E-state index in [2.05, 4.69) is 4.98 Å². The van der Waals surface area contributed by atoms with Gasteiger partial charge in [-0.1, -0.05) is 30.3 Å². The van der Waals surface area contributed by atoms with Crippen LogP contribution >= 0.6 is 0 Å². The Bertz CT molecular complexity index is 819. The number of para-hydroxylation sites is 2. The summed E-state index contributed by atoms with van der Waals surface area (Å²) in [7, 11) is 0. The van der Waals surface area contributed by atoms with Crippen LogP contribution in [0.15, 0.2) is 48.5 Å². The number of aromatic nitrogens is 2. The number of benzene rings is 2. The Hall–Kier alpha value is -2.28. The van der Waals surface area contributed by atoms with Gasteiger partial charge >= 0.3 is 0 Å². The highest BCUT2D eigenvalue weighted by molar-refractivity contribution is 5.75. The highest BCUT2D eigenvalue weighted by Gasteiger charge is 2.14. The second kappa shape index (κ2) is 7.53. The van der Waals surface area contributed by atoms with Crippen molar-refractivity contribution < 1.29 is 19.3 Å². The van der Waals surface area contributed by atoms with Gasteiger partial charge in [0.25, 0.3) is 0 Å². The van der Waals surface area contributed by atoms with Gasteiger partial charge < -0.3 is 19.5 Å². The summed E-state index contributed by atoms with van der Waals surface area (Å²) in [5, 5.41) is 19.6. The third kappa shape index (κ3) is 3.62. The molecule has 0 saturated carbocycles. The van der Waals surface area contributed by atoms with E-state index in [0.717, 1.165) is 11.0 Å². The van der Waals surface area contributed by atoms with E-state index >= 15 is 0 Å². The molecule has 1 aromatic heterocycles. The predicted molar refractivity (Wildman–Crippen MR) is 87.7 cm³/mol. The van der Waals surface area contributed by atoms with Crippen molar-refractivity contribution in [3.8, 4) is 0 Å². The largest absolute Gasteiger partial charge is 0.389 e. The van der Waals surface area contributed by atoms with E-state index in [1.807, 2.05) is 24.3 Å². The molecule has 6 heteroatoms. The summed E-state index contributed by atoms with van der Waals surface area (Å²) in [6.07, 6.45) is -0.792. The summed E-state index contributed by atoms with van der Waals surface area (Å²) in [6, 6.07) is 13.9. The van der Waals surface area contributed by atoms with Gasteiger partial charge in [0.05, 0.1) is 36.9 Å². The molecule has 0 aliphatic carbocycles. The van der Waals surface area contributed by atoms with E-state index in [-0.39, 0.29) is 32.2 Å². The van der Waals surface area contributed by atoms with Crippen molar-refractivity contribution >= 4 is 11.0 Å². The molecule has 0 fully saturated rings. The minimum absolute atomic E-state index is 0.0612. The topological polar surface area (TPSA) is 67.5 Å². The van der Waals surface area contributed by atoms with E-state index < -0.39 is 6.10 Å². The third-order valence-electron chi connectivity index (χ3n) is 3.79. The zero-order chi connectivity index (χ0) is 16.9. The number of rotatable bonds is 7. The Labute approximate surface area is 139 Å². The second-order valence-corrected chi connectivity index (χ2v) is 5.55. The predicted octanol–water partition coefficient (Wildman–Crippen LogP) is 2.25. The minimum Gasteiger partial charge on any atom is -0.389 e. The molecule has 1 atom stereocenters. The lowest BCUT2D eigenvalue weighted by atomic mass is 10.2. The summed E-state index contributed by atoms with van der Waals surface area (Å²) in [5.74, 6) is 0.166. The van der Waals surface area contributed by atoms with Gasteiger partial charge in [0.2, 0.25) is 0 Å². The van der Waals surface area contributed by atoms with Crippen molar-refractivity contribution in [3.05, 3.63) is 65.7 Å². The zero-order valence-corrected chi connectivity index (χ0v) is 13.1. The minimum atomic E-state index is -0.792. The molecule has 0 amide bonds. The number of ether oxygens (including phenoxy) is 1. The van der Waals surface area contributed by atoms with Gasteiger partial charge in [-0.15, -0.1) is 0 Å². The molecule has 3 aromatic rings. The summed E-state index contributed by atoms with van der Waals surface area (Å²) in [5.41, 5.74) is 2.06. The molecule has 1 unspecified atom stereocenters. The maximum atomic E-state index is 13.5. The molecular formula is C18H19FN2O3. The SMILES string of the molecule is OCc1nc2ccccc2n1CC(O)COCc1ccccc1F. The van der Waals surface area contributed by atoms with Crippen molar-refractivity contribution in [1.82, 2.24) is 9.55 Å². The molecule has 0 aliphatic rings. The summed E-state index contributed by atoms with van der Waals surface area (Å²) < 4.78 is 20.7. The molecule has 0 spiro atoms. The Morgan fingerprint density at radius 2 is 1.88 bits per heavy atom. The first-order valence-electron chi connectivity index (χ1n) is 7.73. The highest BCUT2D eigenvalue weighted by atomic mass is 19.1. The molecule has 2 N–H and O–H groups in total. The number of halogens is 1. The molecule has 126 valence electrons. The van der Waals surface area contributed by atoms with Gasteiger partial charge in [0.15, 0.2) is 0 Å². The van der Waals surface area contributed by atoms with Gasteiger partial charge in [-0.2, -0.15) is 0 Å². The number of nitrogens with zero attached hydrogens (tertiary/aromatic N) is 2. The normalized spacial score (nSPS) is 12.6. The lowest BCUT2D eigenvalue weighted by Gasteiger charge is -2.14. The fraction of sp³-hybridized carbons (Fsp3) is 0.278. The molecular weight excluding hydrogens is 311 g/mol. The van der Waals surface area contributed by atoms with Crippen molar-refractivity contribution in [2.75, 3.05) is 6.61 Å². The fourth-order valence-electron chi connectivity index (χ4n) is 2.63. The number of hydrogen-bond donors (Lipinski definition) is 2. The van der Waals surface area contributed by atoms with E-state index in [1.165, 1.54) is 6.07 Å². The lowest BCUT2D eigenvalue weighted by molar-refractivity contribution is 0.0192. The highest BCUT2D eigenvalue weighted by Crippen LogP contribution is 2.17. The maximum Gasteiger partial charge on any atom is 0.135 e. The van der Waals surface area contributed by atoms with E-state index in [4.69, 9.17) is 4.74 Å². The van der Waals surface area contributed by atoms with Crippen LogP contribution < -0.4 is 0 Å². The molecule has 0 saturated heterocycles. The Morgan fingerprint density at radius 3 is 2.67 bits per heavy atom. The van der Waals surface area contributed by atoms with Crippen LogP contribution in [0.1, 0.15) is 11.4 Å². The van der Waals surface area contributed by atoms with Crippen LogP contribution in [0.3, 0.4) is 0 Å². The molecule has 24 heavy (non-hydrogen) atoms. The summed E-state index contributed by atoms with van der Waals surface area (Å²) in [6.45, 7) is 0.193. The van der Waals surface area contributed by atoms with Gasteiger partial charge in [-0.3, -0.25) is 0 Å². The maximum absolute atomic E-state index is 13.5. The third-order valence-corrected chi connectivity index (χ3v) is 3.79. The Morgan fingerprint density at radius 1 is 1.12 bits per heavy atom. The lowest BCUT2D eigenvalue weighted by Crippen LogP contribution is -2.23. The number of aliphatic hydroxyl groups is 2. The summed E-state index contributed by atoms with van der Waals surface area (Å²) >= 11 is 0. The van der Waals surface area contributed by atoms with E-state index in [0.29, 0.717) is 11.4 Å². The number of imidazole rings is 1. The van der Waals surface area contributed by atoms with Crippen LogP contribution in [0, 0.1) is 5.82 Å². The quantitative estimate of drug-likeness (QED) is 0.697. The van der Waals surface area contributed by atoms with Crippen molar-refractivity contribution in [2.24, 2.45) is 0 Å². The standard InChI is InChI=1S/C18H19FN2O3/c19-15-6-2-1-5-13(15)11-24-12-14(23)9-21-17-8-4-3-7-16(17)20-18(21)10-22/h1-8,14,22-23H,9-12H2. The van der Waals surface area contributed by atoms with Crippen molar-refractivity contribution in [3.63, 3.8) is 0 Å². The van der Waals surface area contributed by atoms with Crippen LogP contribution in [-0.2, 0) is 24.5 Å². The summed E-state index contributed by atoms with van der Waals surface area (Å²) in [4.78, 5) is 4.34. The van der Waals surface area contributed by atoms with E-state index in [9.17, 15) is 14.6 Å². The van der Waals surface area contributed by atoms with Crippen LogP contribution in [-0.4, -0.2) is 32.5 Å². The monoisotopic (exact) mass is 330 g/mol. The van der Waals surface area contributed by atoms with Crippen molar-refractivity contribution in [1.29, 1.82) is 0 Å². The zero-order valence-electron chi connectivity index (χ0n) is 13.1. The fourth-order valence-corrected chi connectivity index (χ4v) is 2.63. The molecule has 3 rings (SSSR count). The van der Waals surface area contributed by atoms with E-state index in [1.54, 1.807) is 22.8 Å². The average Bonchev–Trinajstić information content (AvgIpc) is 2.94. The molecule has 0 aliphatic heterocycles. The van der Waals surface area contributed by atoms with Crippen LogP contribution in [0.4, 0.5) is 4.39 Å². The number of hydrogen-bond acceptors (Lipinski definition) is 4. The Kier molecular flexibility index (Phi) is 5.20. The average molecular weight is 330 g/mol. The molecule has 5 nitrogen and oxygen atoms in total. The smallest absolute Gasteiger partial charge is 0.135 e. The second-order valence-electron chi connectivity index (χ2n) is 5.55. The first-order valence-corrected chi connectivity index (χ1v) is 7.73. The van der Waals surface area contributed by atoms with Gasteiger partial charge in [-0.25, -0.2) is 9.37 Å². The Balaban J connectivity index is 1.63. The molecule has 1 heterocycles. The first kappa shape index (κ1) is 16.6. The van der Waals surface area contributed by atoms with Crippen LogP contribution in [0.2, 0.25) is 0 Å². The first-order chi connectivity index (χ1) is 11.7. The molecule has 0 bridgehead atoms.